The summed E-state index contributed by atoms with van der Waals surface area (Å²) in [4.78, 5) is 0. The first-order valence-electron chi connectivity index (χ1n) is 6.40. The zero-order valence-corrected chi connectivity index (χ0v) is 11.3. The van der Waals surface area contributed by atoms with Crippen molar-refractivity contribution in [2.45, 2.75) is 33.6 Å². The van der Waals surface area contributed by atoms with Gasteiger partial charge in [0, 0.05) is 6.54 Å². The quantitative estimate of drug-likeness (QED) is 0.740. The summed E-state index contributed by atoms with van der Waals surface area (Å²) in [7, 11) is 0. The number of aromatic nitrogens is 2. The highest BCUT2D eigenvalue weighted by Gasteiger charge is 2.14. The lowest BCUT2D eigenvalue weighted by Gasteiger charge is -2.11. The van der Waals surface area contributed by atoms with E-state index in [4.69, 9.17) is 4.74 Å². The van der Waals surface area contributed by atoms with Crippen molar-refractivity contribution in [3.8, 4) is 11.9 Å². The Morgan fingerprint density at radius 1 is 1.22 bits per heavy atom. The smallest absolute Gasteiger partial charge is 0.251 e. The van der Waals surface area contributed by atoms with Crippen LogP contribution in [-0.2, 0) is 12.8 Å². The number of rotatable bonds is 7. The second-order valence-electron chi connectivity index (χ2n) is 3.83. The largest absolute Gasteiger partial charge is 0.474 e. The molecule has 0 aliphatic carbocycles. The molecule has 0 fully saturated rings. The van der Waals surface area contributed by atoms with E-state index in [1.54, 1.807) is 0 Å². The molecular formula is C13H20N4O. The Kier molecular flexibility index (Phi) is 6.09. The normalized spacial score (nSPS) is 10.1. The van der Waals surface area contributed by atoms with Crippen molar-refractivity contribution in [2.75, 3.05) is 19.7 Å². The van der Waals surface area contributed by atoms with Crippen LogP contribution >= 0.6 is 0 Å². The molecule has 1 aromatic rings. The maximum absolute atomic E-state index is 9.24. The van der Waals surface area contributed by atoms with Crippen molar-refractivity contribution >= 4 is 0 Å². The molecule has 0 unspecified atom stereocenters. The minimum Gasteiger partial charge on any atom is -0.474 e. The van der Waals surface area contributed by atoms with E-state index in [1.165, 1.54) is 0 Å². The molecule has 1 aromatic heterocycles. The van der Waals surface area contributed by atoms with Crippen molar-refractivity contribution in [3.63, 3.8) is 0 Å². The van der Waals surface area contributed by atoms with Gasteiger partial charge in [-0.1, -0.05) is 20.8 Å². The number of hydrogen-bond donors (Lipinski definition) is 1. The van der Waals surface area contributed by atoms with Crippen LogP contribution in [0.4, 0.5) is 0 Å². The number of ether oxygens (including phenoxy) is 1. The molecule has 0 aliphatic rings. The predicted octanol–water partition coefficient (Wildman–Crippen LogP) is 1.46. The first-order chi connectivity index (χ1) is 8.78. The highest BCUT2D eigenvalue weighted by atomic mass is 16.5. The molecule has 5 nitrogen and oxygen atoms in total. The monoisotopic (exact) mass is 248 g/mol. The minimum absolute atomic E-state index is 0.351. The number of likely N-dealkylation sites (N-methyl/N-ethyl adjacent to an activating group) is 1. The SMILES string of the molecule is CCNCCOc1nnc(CC)c(CC)c1C#N. The van der Waals surface area contributed by atoms with Crippen LogP contribution < -0.4 is 10.1 Å². The minimum atomic E-state index is 0.351. The summed E-state index contributed by atoms with van der Waals surface area (Å²) in [6.07, 6.45) is 1.55. The lowest BCUT2D eigenvalue weighted by Crippen LogP contribution is -2.21. The summed E-state index contributed by atoms with van der Waals surface area (Å²) in [6.45, 7) is 8.18. The second kappa shape index (κ2) is 7.62. The zero-order valence-electron chi connectivity index (χ0n) is 11.3. The Morgan fingerprint density at radius 3 is 2.56 bits per heavy atom. The Labute approximate surface area is 108 Å². The fourth-order valence-electron chi connectivity index (χ4n) is 1.77. The standard InChI is InChI=1S/C13H20N4O/c1-4-10-11(9-14)13(17-16-12(10)5-2)18-8-7-15-6-3/h15H,4-8H2,1-3H3. The van der Waals surface area contributed by atoms with Crippen LogP contribution in [0.25, 0.3) is 0 Å². The molecule has 0 spiro atoms. The number of aryl methyl sites for hydroxylation is 1. The highest BCUT2D eigenvalue weighted by Crippen LogP contribution is 2.21. The molecule has 18 heavy (non-hydrogen) atoms. The fraction of sp³-hybridized carbons (Fsp3) is 0.615. The van der Waals surface area contributed by atoms with E-state index in [1.807, 2.05) is 20.8 Å². The molecule has 5 heteroatoms. The molecule has 1 rings (SSSR count). The molecule has 0 amide bonds. The van der Waals surface area contributed by atoms with Crippen LogP contribution in [0.3, 0.4) is 0 Å². The molecule has 98 valence electrons. The lowest BCUT2D eigenvalue weighted by molar-refractivity contribution is 0.298. The molecule has 0 aromatic carbocycles. The average molecular weight is 248 g/mol. The van der Waals surface area contributed by atoms with E-state index in [2.05, 4.69) is 21.6 Å². The van der Waals surface area contributed by atoms with Gasteiger partial charge in [0.25, 0.3) is 5.88 Å². The summed E-state index contributed by atoms with van der Waals surface area (Å²) in [5.41, 5.74) is 2.36. The van der Waals surface area contributed by atoms with Crippen LogP contribution in [0.5, 0.6) is 5.88 Å². The first-order valence-corrected chi connectivity index (χ1v) is 6.40. The first kappa shape index (κ1) is 14.4. The van der Waals surface area contributed by atoms with E-state index in [9.17, 15) is 5.26 Å². The fourth-order valence-corrected chi connectivity index (χ4v) is 1.77. The highest BCUT2D eigenvalue weighted by molar-refractivity contribution is 5.46. The van der Waals surface area contributed by atoms with Crippen LogP contribution in [0.15, 0.2) is 0 Å². The van der Waals surface area contributed by atoms with E-state index in [0.29, 0.717) is 18.1 Å². The van der Waals surface area contributed by atoms with Crippen molar-refractivity contribution in [1.82, 2.24) is 15.5 Å². The molecule has 0 aliphatic heterocycles. The third-order valence-electron chi connectivity index (χ3n) is 2.69. The number of nitrogens with zero attached hydrogens (tertiary/aromatic N) is 3. The van der Waals surface area contributed by atoms with Crippen molar-refractivity contribution < 1.29 is 4.74 Å². The van der Waals surface area contributed by atoms with Crippen molar-refractivity contribution in [3.05, 3.63) is 16.8 Å². The Morgan fingerprint density at radius 2 is 2.00 bits per heavy atom. The van der Waals surface area contributed by atoms with Gasteiger partial charge in [0.2, 0.25) is 0 Å². The summed E-state index contributed by atoms with van der Waals surface area (Å²) in [5.74, 6) is 0.351. The van der Waals surface area contributed by atoms with Gasteiger partial charge >= 0.3 is 0 Å². The van der Waals surface area contributed by atoms with E-state index in [0.717, 1.165) is 37.2 Å². The predicted molar refractivity (Wildman–Crippen MR) is 69.5 cm³/mol. The molecular weight excluding hydrogens is 228 g/mol. The number of nitriles is 1. The second-order valence-corrected chi connectivity index (χ2v) is 3.83. The van der Waals surface area contributed by atoms with Gasteiger partial charge in [-0.05, 0) is 24.9 Å². The van der Waals surface area contributed by atoms with E-state index < -0.39 is 0 Å². The number of hydrogen-bond acceptors (Lipinski definition) is 5. The van der Waals surface area contributed by atoms with E-state index >= 15 is 0 Å². The van der Waals surface area contributed by atoms with Crippen LogP contribution in [0, 0.1) is 11.3 Å². The topological polar surface area (TPSA) is 70.8 Å². The Hall–Kier alpha value is -1.67. The molecule has 0 bridgehead atoms. The summed E-state index contributed by atoms with van der Waals surface area (Å²) < 4.78 is 5.51. The number of nitrogens with one attached hydrogen (secondary N) is 1. The van der Waals surface area contributed by atoms with E-state index in [-0.39, 0.29) is 0 Å². The van der Waals surface area contributed by atoms with Gasteiger partial charge in [-0.15, -0.1) is 5.10 Å². The van der Waals surface area contributed by atoms with Crippen LogP contribution in [0.2, 0.25) is 0 Å². The van der Waals surface area contributed by atoms with Crippen molar-refractivity contribution in [1.29, 1.82) is 5.26 Å². The molecule has 1 N–H and O–H groups in total. The Bertz CT molecular complexity index is 426. The maximum Gasteiger partial charge on any atom is 0.251 e. The molecule has 0 saturated heterocycles. The van der Waals surface area contributed by atoms with Gasteiger partial charge in [0.05, 0.1) is 5.69 Å². The van der Waals surface area contributed by atoms with Gasteiger partial charge in [-0.3, -0.25) is 0 Å². The van der Waals surface area contributed by atoms with Crippen molar-refractivity contribution in [2.24, 2.45) is 0 Å². The van der Waals surface area contributed by atoms with Crippen LogP contribution in [0.1, 0.15) is 37.6 Å². The third kappa shape index (κ3) is 3.41. The molecule has 0 radical (unpaired) electrons. The molecule has 0 saturated carbocycles. The Balaban J connectivity index is 2.89. The molecule has 0 atom stereocenters. The van der Waals surface area contributed by atoms with Crippen LogP contribution in [-0.4, -0.2) is 29.9 Å². The zero-order chi connectivity index (χ0) is 13.4. The summed E-state index contributed by atoms with van der Waals surface area (Å²) >= 11 is 0. The van der Waals surface area contributed by atoms with Gasteiger partial charge in [0.1, 0.15) is 18.2 Å². The third-order valence-corrected chi connectivity index (χ3v) is 2.69. The maximum atomic E-state index is 9.24. The average Bonchev–Trinajstić information content (AvgIpc) is 2.42. The van der Waals surface area contributed by atoms with Gasteiger partial charge in [-0.2, -0.15) is 10.4 Å². The van der Waals surface area contributed by atoms with Gasteiger partial charge in [-0.25, -0.2) is 0 Å². The lowest BCUT2D eigenvalue weighted by atomic mass is 10.0. The summed E-state index contributed by atoms with van der Waals surface area (Å²) in [6, 6.07) is 2.18. The molecule has 1 heterocycles. The van der Waals surface area contributed by atoms with Gasteiger partial charge < -0.3 is 10.1 Å². The summed E-state index contributed by atoms with van der Waals surface area (Å²) in [5, 5.41) is 20.5. The van der Waals surface area contributed by atoms with Gasteiger partial charge in [0.15, 0.2) is 0 Å².